The topological polar surface area (TPSA) is 20.3 Å². The molecule has 19 heavy (non-hydrogen) atoms. The van der Waals surface area contributed by atoms with E-state index in [0.717, 1.165) is 35.1 Å². The van der Waals surface area contributed by atoms with Gasteiger partial charge in [-0.2, -0.15) is 0 Å². The van der Waals surface area contributed by atoms with Crippen molar-refractivity contribution in [1.29, 1.82) is 0 Å². The minimum atomic E-state index is 0.188. The fourth-order valence-corrected chi connectivity index (χ4v) is 3.30. The van der Waals surface area contributed by atoms with E-state index in [4.69, 9.17) is 0 Å². The lowest BCUT2D eigenvalue weighted by molar-refractivity contribution is 0.0682. The zero-order valence-corrected chi connectivity index (χ0v) is 13.8. The van der Waals surface area contributed by atoms with E-state index in [1.54, 1.807) is 0 Å². The number of amides is 1. The van der Waals surface area contributed by atoms with Crippen molar-refractivity contribution in [3.8, 4) is 0 Å². The Hall–Kier alpha value is -0.830. The summed E-state index contributed by atoms with van der Waals surface area (Å²) in [5.41, 5.74) is 4.40. The molecule has 104 valence electrons. The summed E-state index contributed by atoms with van der Waals surface area (Å²) in [6, 6.07) is 1.99. The molecule has 1 fully saturated rings. The third-order valence-electron chi connectivity index (χ3n) is 4.33. The average Bonchev–Trinajstić information content (AvgIpc) is 2.40. The van der Waals surface area contributed by atoms with E-state index in [0.29, 0.717) is 5.92 Å². The number of benzene rings is 1. The molecule has 1 aromatic rings. The molecule has 0 bridgehead atoms. The minimum absolute atomic E-state index is 0.188. The molecule has 0 radical (unpaired) electrons. The Bertz CT molecular complexity index is 510. The fourth-order valence-electron chi connectivity index (χ4n) is 2.77. The maximum atomic E-state index is 12.7. The SMILES string of the molecule is Cc1c(Br)cc(C(=O)N2CCCC(C)C2)c(C)c1C. The van der Waals surface area contributed by atoms with Gasteiger partial charge in [-0.15, -0.1) is 0 Å². The normalized spacial score (nSPS) is 19.6. The van der Waals surface area contributed by atoms with Crippen molar-refractivity contribution in [3.63, 3.8) is 0 Å². The first-order valence-corrected chi connectivity index (χ1v) is 7.76. The maximum Gasteiger partial charge on any atom is 0.254 e. The summed E-state index contributed by atoms with van der Waals surface area (Å²) >= 11 is 3.56. The molecule has 1 atom stereocenters. The molecule has 1 saturated heterocycles. The van der Waals surface area contributed by atoms with Crippen LogP contribution in [0.15, 0.2) is 10.5 Å². The van der Waals surface area contributed by atoms with Gasteiger partial charge in [0, 0.05) is 23.1 Å². The van der Waals surface area contributed by atoms with Crippen LogP contribution in [-0.4, -0.2) is 23.9 Å². The number of piperidine rings is 1. The van der Waals surface area contributed by atoms with Crippen LogP contribution in [0.1, 0.15) is 46.8 Å². The molecule has 1 amide bonds. The quantitative estimate of drug-likeness (QED) is 0.756. The highest BCUT2D eigenvalue weighted by atomic mass is 79.9. The maximum absolute atomic E-state index is 12.7. The molecule has 2 rings (SSSR count). The van der Waals surface area contributed by atoms with Crippen LogP contribution in [0.25, 0.3) is 0 Å². The van der Waals surface area contributed by atoms with Crippen LogP contribution in [0.2, 0.25) is 0 Å². The summed E-state index contributed by atoms with van der Waals surface area (Å²) in [5, 5.41) is 0. The summed E-state index contributed by atoms with van der Waals surface area (Å²) in [6.45, 7) is 10.2. The van der Waals surface area contributed by atoms with Gasteiger partial charge in [0.1, 0.15) is 0 Å². The molecule has 0 spiro atoms. The first-order chi connectivity index (χ1) is 8.91. The minimum Gasteiger partial charge on any atom is -0.338 e. The van der Waals surface area contributed by atoms with Gasteiger partial charge in [0.05, 0.1) is 0 Å². The van der Waals surface area contributed by atoms with Crippen LogP contribution in [0, 0.1) is 26.7 Å². The van der Waals surface area contributed by atoms with Gasteiger partial charge in [-0.3, -0.25) is 4.79 Å². The van der Waals surface area contributed by atoms with Gasteiger partial charge in [0.25, 0.3) is 5.91 Å². The highest BCUT2D eigenvalue weighted by molar-refractivity contribution is 9.10. The molecular formula is C16H22BrNO. The van der Waals surface area contributed by atoms with Crippen molar-refractivity contribution >= 4 is 21.8 Å². The first-order valence-electron chi connectivity index (χ1n) is 6.97. The van der Waals surface area contributed by atoms with Gasteiger partial charge in [-0.1, -0.05) is 22.9 Å². The summed E-state index contributed by atoms with van der Waals surface area (Å²) in [6.07, 6.45) is 2.36. The second kappa shape index (κ2) is 5.66. The lowest BCUT2D eigenvalue weighted by Crippen LogP contribution is -2.39. The van der Waals surface area contributed by atoms with Crippen molar-refractivity contribution in [2.45, 2.75) is 40.5 Å². The number of hydrogen-bond donors (Lipinski definition) is 0. The molecule has 1 unspecified atom stereocenters. The van der Waals surface area contributed by atoms with E-state index in [-0.39, 0.29) is 5.91 Å². The molecule has 1 aliphatic rings. The molecular weight excluding hydrogens is 302 g/mol. The summed E-state index contributed by atoms with van der Waals surface area (Å²) in [5.74, 6) is 0.806. The number of halogens is 1. The number of nitrogens with zero attached hydrogens (tertiary/aromatic N) is 1. The Morgan fingerprint density at radius 3 is 2.58 bits per heavy atom. The number of hydrogen-bond acceptors (Lipinski definition) is 1. The molecule has 0 aromatic heterocycles. The van der Waals surface area contributed by atoms with Gasteiger partial charge in [0.2, 0.25) is 0 Å². The Morgan fingerprint density at radius 1 is 1.26 bits per heavy atom. The van der Waals surface area contributed by atoms with Gasteiger partial charge < -0.3 is 4.90 Å². The van der Waals surface area contributed by atoms with Crippen LogP contribution >= 0.6 is 15.9 Å². The molecule has 0 aliphatic carbocycles. The lowest BCUT2D eigenvalue weighted by atomic mass is 9.95. The van der Waals surface area contributed by atoms with Crippen LogP contribution in [0.4, 0.5) is 0 Å². The number of carbonyl (C=O) groups excluding carboxylic acids is 1. The van der Waals surface area contributed by atoms with E-state index in [1.807, 2.05) is 11.0 Å². The van der Waals surface area contributed by atoms with Crippen LogP contribution < -0.4 is 0 Å². The van der Waals surface area contributed by atoms with Crippen LogP contribution in [0.3, 0.4) is 0 Å². The third-order valence-corrected chi connectivity index (χ3v) is 5.16. The number of carbonyl (C=O) groups is 1. The highest BCUT2D eigenvalue weighted by Gasteiger charge is 2.24. The molecule has 1 aromatic carbocycles. The Labute approximate surface area is 124 Å². The Morgan fingerprint density at radius 2 is 1.95 bits per heavy atom. The monoisotopic (exact) mass is 323 g/mol. The second-order valence-electron chi connectivity index (χ2n) is 5.78. The largest absolute Gasteiger partial charge is 0.338 e. The number of likely N-dealkylation sites (tertiary alicyclic amines) is 1. The van der Waals surface area contributed by atoms with Crippen molar-refractivity contribution < 1.29 is 4.79 Å². The smallest absolute Gasteiger partial charge is 0.254 e. The van der Waals surface area contributed by atoms with E-state index in [1.165, 1.54) is 17.5 Å². The zero-order valence-electron chi connectivity index (χ0n) is 12.2. The molecule has 1 heterocycles. The lowest BCUT2D eigenvalue weighted by Gasteiger charge is -2.31. The first kappa shape index (κ1) is 14.6. The summed E-state index contributed by atoms with van der Waals surface area (Å²) < 4.78 is 1.03. The standard InChI is InChI=1S/C16H22BrNO/c1-10-6-5-7-18(9-10)16(19)14-8-15(17)13(4)11(2)12(14)3/h8,10H,5-7,9H2,1-4H3. The Balaban J connectivity index is 2.34. The zero-order chi connectivity index (χ0) is 14.2. The molecule has 2 nitrogen and oxygen atoms in total. The molecule has 0 saturated carbocycles. The van der Waals surface area contributed by atoms with Gasteiger partial charge in [-0.25, -0.2) is 0 Å². The van der Waals surface area contributed by atoms with E-state index in [2.05, 4.69) is 43.6 Å². The number of rotatable bonds is 1. The molecule has 1 aliphatic heterocycles. The van der Waals surface area contributed by atoms with Crippen molar-refractivity contribution in [1.82, 2.24) is 4.90 Å². The van der Waals surface area contributed by atoms with Crippen molar-refractivity contribution in [3.05, 3.63) is 32.8 Å². The van der Waals surface area contributed by atoms with Gasteiger partial charge >= 0.3 is 0 Å². The summed E-state index contributed by atoms with van der Waals surface area (Å²) in [4.78, 5) is 14.7. The van der Waals surface area contributed by atoms with Crippen molar-refractivity contribution in [2.24, 2.45) is 5.92 Å². The second-order valence-corrected chi connectivity index (χ2v) is 6.63. The molecule has 0 N–H and O–H groups in total. The van der Waals surface area contributed by atoms with Gasteiger partial charge in [-0.05, 0) is 62.3 Å². The fraction of sp³-hybridized carbons (Fsp3) is 0.562. The van der Waals surface area contributed by atoms with Gasteiger partial charge in [0.15, 0.2) is 0 Å². The predicted octanol–water partition coefficient (Wildman–Crippen LogP) is 4.25. The van der Waals surface area contributed by atoms with Crippen LogP contribution in [-0.2, 0) is 0 Å². The predicted molar refractivity (Wildman–Crippen MR) is 82.7 cm³/mol. The third kappa shape index (κ3) is 2.86. The van der Waals surface area contributed by atoms with E-state index < -0.39 is 0 Å². The van der Waals surface area contributed by atoms with Crippen molar-refractivity contribution in [2.75, 3.05) is 13.1 Å². The Kier molecular flexibility index (Phi) is 4.34. The van der Waals surface area contributed by atoms with E-state index in [9.17, 15) is 4.79 Å². The average molecular weight is 324 g/mol. The summed E-state index contributed by atoms with van der Waals surface area (Å²) in [7, 11) is 0. The highest BCUT2D eigenvalue weighted by Crippen LogP contribution is 2.27. The van der Waals surface area contributed by atoms with E-state index >= 15 is 0 Å². The van der Waals surface area contributed by atoms with Crippen LogP contribution in [0.5, 0.6) is 0 Å². The molecule has 3 heteroatoms.